The Morgan fingerprint density at radius 3 is 2.33 bits per heavy atom. The Hall–Kier alpha value is -0.660. The molecular formula is C14H4Cl4. The topological polar surface area (TPSA) is 0 Å². The molecule has 0 atom stereocenters. The first kappa shape index (κ1) is 12.4. The van der Waals surface area contributed by atoms with Gasteiger partial charge in [-0.1, -0.05) is 52.5 Å². The van der Waals surface area contributed by atoms with Crippen molar-refractivity contribution in [3.05, 3.63) is 56.5 Å². The van der Waals surface area contributed by atoms with E-state index < -0.39 is 0 Å². The van der Waals surface area contributed by atoms with Crippen molar-refractivity contribution in [1.29, 1.82) is 0 Å². The van der Waals surface area contributed by atoms with E-state index in [1.165, 1.54) is 0 Å². The summed E-state index contributed by atoms with van der Waals surface area (Å²) in [6.07, 6.45) is 0. The third-order valence-corrected chi connectivity index (χ3v) is 4.19. The third kappa shape index (κ3) is 1.94. The first-order valence-electron chi connectivity index (χ1n) is 5.07. The molecule has 3 aromatic rings. The van der Waals surface area contributed by atoms with Crippen LogP contribution in [0.5, 0.6) is 0 Å². The van der Waals surface area contributed by atoms with Gasteiger partial charge in [0.05, 0.1) is 15.1 Å². The molecule has 0 fully saturated rings. The average molecular weight is 314 g/mol. The quantitative estimate of drug-likeness (QED) is 0.342. The number of hydrogen-bond acceptors (Lipinski definition) is 0. The molecule has 0 aliphatic heterocycles. The van der Waals surface area contributed by atoms with Gasteiger partial charge in [-0.05, 0) is 34.4 Å². The number of hydrogen-bond donors (Lipinski definition) is 0. The van der Waals surface area contributed by atoms with Crippen LogP contribution in [0, 0.1) is 12.1 Å². The molecule has 0 heterocycles. The zero-order valence-corrected chi connectivity index (χ0v) is 11.8. The molecule has 0 amide bonds. The monoisotopic (exact) mass is 312 g/mol. The van der Waals surface area contributed by atoms with Gasteiger partial charge in [0.15, 0.2) is 0 Å². The lowest BCUT2D eigenvalue weighted by Gasteiger charge is -2.07. The Labute approximate surface area is 124 Å². The van der Waals surface area contributed by atoms with Crippen LogP contribution in [-0.2, 0) is 0 Å². The lowest BCUT2D eigenvalue weighted by atomic mass is 10.0. The van der Waals surface area contributed by atoms with Crippen LogP contribution in [0.15, 0.2) is 24.3 Å². The van der Waals surface area contributed by atoms with Gasteiger partial charge in [-0.25, -0.2) is 0 Å². The van der Waals surface area contributed by atoms with E-state index in [0.717, 1.165) is 21.5 Å². The largest absolute Gasteiger partial charge is 0.0836 e. The van der Waals surface area contributed by atoms with Crippen molar-refractivity contribution >= 4 is 67.9 Å². The molecule has 18 heavy (non-hydrogen) atoms. The Kier molecular flexibility index (Phi) is 3.07. The van der Waals surface area contributed by atoms with E-state index >= 15 is 0 Å². The summed E-state index contributed by atoms with van der Waals surface area (Å²) < 4.78 is 0. The van der Waals surface area contributed by atoms with Gasteiger partial charge in [0.1, 0.15) is 0 Å². The molecule has 0 aromatic heterocycles. The van der Waals surface area contributed by atoms with Crippen molar-refractivity contribution in [2.24, 2.45) is 0 Å². The third-order valence-electron chi connectivity index (χ3n) is 2.72. The van der Waals surface area contributed by atoms with Crippen molar-refractivity contribution in [3.8, 4) is 0 Å². The molecule has 0 nitrogen and oxygen atoms in total. The minimum atomic E-state index is 0.312. The minimum absolute atomic E-state index is 0.312. The van der Waals surface area contributed by atoms with E-state index in [-0.39, 0.29) is 0 Å². The predicted octanol–water partition coefficient (Wildman–Crippen LogP) is 6.21. The van der Waals surface area contributed by atoms with Gasteiger partial charge >= 0.3 is 0 Å². The summed E-state index contributed by atoms with van der Waals surface area (Å²) in [6, 6.07) is 13.6. The normalized spacial score (nSPS) is 11.3. The fourth-order valence-corrected chi connectivity index (χ4v) is 2.68. The van der Waals surface area contributed by atoms with E-state index in [0.29, 0.717) is 20.1 Å². The van der Waals surface area contributed by atoms with Crippen LogP contribution in [0.4, 0.5) is 0 Å². The van der Waals surface area contributed by atoms with E-state index in [1.54, 1.807) is 6.07 Å². The number of fused-ring (bicyclic) bond motifs is 2. The van der Waals surface area contributed by atoms with Gasteiger partial charge in [-0.3, -0.25) is 0 Å². The summed E-state index contributed by atoms with van der Waals surface area (Å²) in [6.45, 7) is 0. The first-order chi connectivity index (χ1) is 8.56. The molecular weight excluding hydrogens is 310 g/mol. The fraction of sp³-hybridized carbons (Fsp3) is 0. The van der Waals surface area contributed by atoms with Crippen LogP contribution in [0.3, 0.4) is 0 Å². The predicted molar refractivity (Wildman–Crippen MR) is 79.2 cm³/mol. The molecule has 2 radical (unpaired) electrons. The van der Waals surface area contributed by atoms with Crippen LogP contribution >= 0.6 is 46.4 Å². The van der Waals surface area contributed by atoms with Crippen LogP contribution in [0.25, 0.3) is 21.5 Å². The highest BCUT2D eigenvalue weighted by Gasteiger charge is 2.10. The highest BCUT2D eigenvalue weighted by molar-refractivity contribution is 6.50. The maximum atomic E-state index is 6.19. The van der Waals surface area contributed by atoms with Gasteiger partial charge in [0.25, 0.3) is 0 Å². The van der Waals surface area contributed by atoms with Crippen molar-refractivity contribution in [3.63, 3.8) is 0 Å². The smallest absolute Gasteiger partial charge is 0.0791 e. The molecule has 0 aliphatic carbocycles. The molecule has 0 N–H and O–H groups in total. The molecule has 88 valence electrons. The second-order valence-electron chi connectivity index (χ2n) is 3.86. The Morgan fingerprint density at radius 1 is 0.778 bits per heavy atom. The molecule has 0 aliphatic rings. The van der Waals surface area contributed by atoms with Gasteiger partial charge in [-0.15, -0.1) is 0 Å². The molecule has 0 saturated carbocycles. The highest BCUT2D eigenvalue weighted by atomic mass is 35.5. The van der Waals surface area contributed by atoms with Gasteiger partial charge in [0.2, 0.25) is 0 Å². The summed E-state index contributed by atoms with van der Waals surface area (Å²) in [5.41, 5.74) is 0. The summed E-state index contributed by atoms with van der Waals surface area (Å²) >= 11 is 24.1. The van der Waals surface area contributed by atoms with Crippen LogP contribution in [-0.4, -0.2) is 0 Å². The summed E-state index contributed by atoms with van der Waals surface area (Å²) in [5, 5.41) is 5.10. The van der Waals surface area contributed by atoms with Crippen molar-refractivity contribution in [2.45, 2.75) is 0 Å². The number of halogens is 4. The summed E-state index contributed by atoms with van der Waals surface area (Å²) in [5.74, 6) is 0. The van der Waals surface area contributed by atoms with Crippen LogP contribution < -0.4 is 0 Å². The second-order valence-corrected chi connectivity index (χ2v) is 5.40. The van der Waals surface area contributed by atoms with E-state index in [9.17, 15) is 0 Å². The van der Waals surface area contributed by atoms with E-state index in [1.807, 2.05) is 18.2 Å². The molecule has 3 rings (SSSR count). The van der Waals surface area contributed by atoms with Crippen molar-refractivity contribution in [1.82, 2.24) is 0 Å². The van der Waals surface area contributed by atoms with Crippen molar-refractivity contribution < 1.29 is 0 Å². The maximum Gasteiger partial charge on any atom is 0.0791 e. The molecule has 0 spiro atoms. The summed E-state index contributed by atoms with van der Waals surface area (Å²) in [4.78, 5) is 0. The molecule has 0 unspecified atom stereocenters. The van der Waals surface area contributed by atoms with E-state index in [2.05, 4.69) is 12.1 Å². The number of rotatable bonds is 0. The SMILES string of the molecule is Clc1[c]c2cc3c(Cl)c(Cl)c(Cl)[c]c3cc2cc1. The Balaban J connectivity index is 2.49. The lowest BCUT2D eigenvalue weighted by molar-refractivity contribution is 1.74. The van der Waals surface area contributed by atoms with Gasteiger partial charge in [-0.2, -0.15) is 0 Å². The Bertz CT molecular complexity index is 778. The standard InChI is InChI=1S/C14H4Cl4/c15-10-2-1-7-3-9-6-12(16)14(18)13(17)11(9)5-8(7)4-10/h1-3,5H. The average Bonchev–Trinajstić information content (AvgIpc) is 2.35. The minimum Gasteiger partial charge on any atom is -0.0836 e. The second kappa shape index (κ2) is 4.47. The zero-order chi connectivity index (χ0) is 12.9. The fourth-order valence-electron chi connectivity index (χ4n) is 1.87. The molecule has 0 saturated heterocycles. The zero-order valence-electron chi connectivity index (χ0n) is 8.82. The van der Waals surface area contributed by atoms with Gasteiger partial charge in [0, 0.05) is 22.5 Å². The summed E-state index contributed by atoms with van der Waals surface area (Å²) in [7, 11) is 0. The molecule has 4 heteroatoms. The molecule has 0 bridgehead atoms. The maximum absolute atomic E-state index is 6.19. The van der Waals surface area contributed by atoms with Gasteiger partial charge < -0.3 is 0 Å². The highest BCUT2D eigenvalue weighted by Crippen LogP contribution is 2.38. The molecule has 3 aromatic carbocycles. The lowest BCUT2D eigenvalue weighted by Crippen LogP contribution is -1.81. The van der Waals surface area contributed by atoms with Crippen LogP contribution in [0.1, 0.15) is 0 Å². The van der Waals surface area contributed by atoms with Crippen molar-refractivity contribution in [2.75, 3.05) is 0 Å². The first-order valence-corrected chi connectivity index (χ1v) is 6.58. The van der Waals surface area contributed by atoms with E-state index in [4.69, 9.17) is 46.4 Å². The number of benzene rings is 3. The Morgan fingerprint density at radius 2 is 1.56 bits per heavy atom. The van der Waals surface area contributed by atoms with Crippen LogP contribution in [0.2, 0.25) is 20.1 Å².